The van der Waals surface area contributed by atoms with Gasteiger partial charge in [0.05, 0.1) is 0 Å². The molecule has 1 aromatic carbocycles. The number of halogens is 3. The summed E-state index contributed by atoms with van der Waals surface area (Å²) >= 11 is 0. The van der Waals surface area contributed by atoms with Crippen molar-refractivity contribution in [1.29, 1.82) is 0 Å². The van der Waals surface area contributed by atoms with Crippen molar-refractivity contribution in [2.45, 2.75) is 31.2 Å². The number of carbonyl (C=O) groups is 1. The number of amides is 2. The van der Waals surface area contributed by atoms with Crippen LogP contribution in [0.3, 0.4) is 0 Å². The van der Waals surface area contributed by atoms with Crippen LogP contribution >= 0.6 is 0 Å². The molecule has 0 bridgehead atoms. The van der Waals surface area contributed by atoms with Crippen LogP contribution in [-0.4, -0.2) is 49.5 Å². The lowest BCUT2D eigenvalue weighted by Crippen LogP contribution is -2.44. The molecule has 0 aromatic heterocycles. The average Bonchev–Trinajstić information content (AvgIpc) is 3.17. The van der Waals surface area contributed by atoms with Gasteiger partial charge < -0.3 is 20.3 Å². The maximum atomic E-state index is 12.3. The van der Waals surface area contributed by atoms with E-state index in [4.69, 9.17) is 0 Å². The minimum absolute atomic E-state index is 0.0224. The summed E-state index contributed by atoms with van der Waals surface area (Å²) in [7, 11) is 0. The van der Waals surface area contributed by atoms with Gasteiger partial charge in [0.2, 0.25) is 0 Å². The summed E-state index contributed by atoms with van der Waals surface area (Å²) < 4.78 is 40.9. The van der Waals surface area contributed by atoms with Crippen LogP contribution in [0, 0.1) is 0 Å². The van der Waals surface area contributed by atoms with Gasteiger partial charge in [-0.25, -0.2) is 4.79 Å². The maximum Gasteiger partial charge on any atom is 0.573 e. The Morgan fingerprint density at radius 2 is 2.17 bits per heavy atom. The van der Waals surface area contributed by atoms with Crippen molar-refractivity contribution in [3.05, 3.63) is 29.8 Å². The molecule has 2 atom stereocenters. The minimum atomic E-state index is -4.70. The SMILES string of the molecule is O=C(NC1CCNC1)N1CCC(c2cccc(OC(F)(F)F)c2)C1. The number of nitrogens with one attached hydrogen (secondary N) is 2. The molecule has 0 radical (unpaired) electrons. The monoisotopic (exact) mass is 343 g/mol. The van der Waals surface area contributed by atoms with Crippen LogP contribution in [0.5, 0.6) is 5.75 Å². The molecule has 2 aliphatic heterocycles. The van der Waals surface area contributed by atoms with Crippen LogP contribution in [0.2, 0.25) is 0 Å². The van der Waals surface area contributed by atoms with Gasteiger partial charge in [-0.3, -0.25) is 0 Å². The van der Waals surface area contributed by atoms with E-state index in [0.29, 0.717) is 13.1 Å². The van der Waals surface area contributed by atoms with E-state index in [1.54, 1.807) is 17.0 Å². The third-order valence-electron chi connectivity index (χ3n) is 4.43. The fourth-order valence-electron chi connectivity index (χ4n) is 3.23. The number of hydrogen-bond acceptors (Lipinski definition) is 3. The first-order valence-electron chi connectivity index (χ1n) is 8.02. The molecule has 3 rings (SSSR count). The Balaban J connectivity index is 1.58. The number of urea groups is 1. The summed E-state index contributed by atoms with van der Waals surface area (Å²) in [6.45, 7) is 2.78. The van der Waals surface area contributed by atoms with E-state index in [-0.39, 0.29) is 23.7 Å². The second-order valence-corrected chi connectivity index (χ2v) is 6.19. The Kier molecular flexibility index (Phi) is 4.84. The molecular formula is C16H20F3N3O2. The van der Waals surface area contributed by atoms with E-state index in [1.165, 1.54) is 12.1 Å². The number of alkyl halides is 3. The molecule has 2 aliphatic rings. The van der Waals surface area contributed by atoms with Crippen molar-refractivity contribution in [1.82, 2.24) is 15.5 Å². The highest BCUT2D eigenvalue weighted by molar-refractivity contribution is 5.75. The number of likely N-dealkylation sites (tertiary alicyclic amines) is 1. The predicted octanol–water partition coefficient (Wildman–Crippen LogP) is 2.45. The van der Waals surface area contributed by atoms with Crippen LogP contribution in [0.15, 0.2) is 24.3 Å². The first-order chi connectivity index (χ1) is 11.4. The van der Waals surface area contributed by atoms with E-state index < -0.39 is 6.36 Å². The topological polar surface area (TPSA) is 53.6 Å². The molecule has 8 heteroatoms. The van der Waals surface area contributed by atoms with Crippen molar-refractivity contribution in [3.8, 4) is 5.75 Å². The third-order valence-corrected chi connectivity index (χ3v) is 4.43. The van der Waals surface area contributed by atoms with Gasteiger partial charge in [0.25, 0.3) is 0 Å². The number of nitrogens with zero attached hydrogens (tertiary/aromatic N) is 1. The van der Waals surface area contributed by atoms with Crippen molar-refractivity contribution in [3.63, 3.8) is 0 Å². The molecule has 2 unspecified atom stereocenters. The van der Waals surface area contributed by atoms with Gasteiger partial charge in [-0.05, 0) is 37.1 Å². The fourth-order valence-corrected chi connectivity index (χ4v) is 3.23. The van der Waals surface area contributed by atoms with Gasteiger partial charge in [-0.2, -0.15) is 0 Å². The van der Waals surface area contributed by atoms with Crippen molar-refractivity contribution < 1.29 is 22.7 Å². The molecule has 2 fully saturated rings. The number of carbonyl (C=O) groups excluding carboxylic acids is 1. The van der Waals surface area contributed by atoms with Gasteiger partial charge in [-0.15, -0.1) is 13.2 Å². The molecule has 2 amide bonds. The summed E-state index contributed by atoms with van der Waals surface area (Å²) in [5.74, 6) is -0.200. The lowest BCUT2D eigenvalue weighted by molar-refractivity contribution is -0.274. The first-order valence-corrected chi connectivity index (χ1v) is 8.02. The van der Waals surface area contributed by atoms with E-state index in [1.807, 2.05) is 0 Å². The molecule has 24 heavy (non-hydrogen) atoms. The van der Waals surface area contributed by atoms with Crippen LogP contribution in [0.4, 0.5) is 18.0 Å². The van der Waals surface area contributed by atoms with Gasteiger partial charge in [-0.1, -0.05) is 12.1 Å². The molecule has 1 aromatic rings. The summed E-state index contributed by atoms with van der Waals surface area (Å²) in [5.41, 5.74) is 0.759. The highest BCUT2D eigenvalue weighted by Gasteiger charge is 2.32. The summed E-state index contributed by atoms with van der Waals surface area (Å²) in [5, 5.41) is 6.17. The molecule has 0 aliphatic carbocycles. The number of hydrogen-bond donors (Lipinski definition) is 2. The second-order valence-electron chi connectivity index (χ2n) is 6.19. The predicted molar refractivity (Wildman–Crippen MR) is 81.9 cm³/mol. The van der Waals surface area contributed by atoms with Crippen LogP contribution < -0.4 is 15.4 Å². The Hall–Kier alpha value is -1.96. The van der Waals surface area contributed by atoms with Crippen molar-refractivity contribution in [2.75, 3.05) is 26.2 Å². The Labute approximate surface area is 138 Å². The van der Waals surface area contributed by atoms with E-state index in [9.17, 15) is 18.0 Å². The van der Waals surface area contributed by atoms with Crippen LogP contribution in [0.1, 0.15) is 24.3 Å². The van der Waals surface area contributed by atoms with Crippen LogP contribution in [-0.2, 0) is 0 Å². The average molecular weight is 343 g/mol. The summed E-state index contributed by atoms with van der Waals surface area (Å²) in [6.07, 6.45) is -3.05. The normalized spacial score (nSPS) is 24.2. The molecular weight excluding hydrogens is 323 g/mol. The first kappa shape index (κ1) is 16.9. The zero-order chi connectivity index (χ0) is 17.2. The van der Waals surface area contributed by atoms with Gasteiger partial charge >= 0.3 is 12.4 Å². The maximum absolute atomic E-state index is 12.3. The third kappa shape index (κ3) is 4.31. The van der Waals surface area contributed by atoms with Gasteiger partial charge in [0.15, 0.2) is 0 Å². The van der Waals surface area contributed by atoms with Gasteiger partial charge in [0, 0.05) is 31.6 Å². The minimum Gasteiger partial charge on any atom is -0.406 e. The number of benzene rings is 1. The number of rotatable bonds is 3. The standard InChI is InChI=1S/C16H20F3N3O2/c17-16(18,19)24-14-3-1-2-11(8-14)12-5-7-22(10-12)15(23)21-13-4-6-20-9-13/h1-3,8,12-13,20H,4-7,9-10H2,(H,21,23). The lowest BCUT2D eigenvalue weighted by Gasteiger charge is -2.20. The molecule has 2 N–H and O–H groups in total. The molecule has 2 saturated heterocycles. The van der Waals surface area contributed by atoms with E-state index in [2.05, 4.69) is 15.4 Å². The Morgan fingerprint density at radius 1 is 1.33 bits per heavy atom. The largest absolute Gasteiger partial charge is 0.573 e. The smallest absolute Gasteiger partial charge is 0.406 e. The fraction of sp³-hybridized carbons (Fsp3) is 0.562. The number of ether oxygens (including phenoxy) is 1. The highest BCUT2D eigenvalue weighted by Crippen LogP contribution is 2.31. The lowest BCUT2D eigenvalue weighted by atomic mass is 9.98. The van der Waals surface area contributed by atoms with Gasteiger partial charge in [0.1, 0.15) is 5.75 Å². The molecule has 0 saturated carbocycles. The molecule has 132 valence electrons. The van der Waals surface area contributed by atoms with Crippen molar-refractivity contribution >= 4 is 6.03 Å². The Bertz CT molecular complexity index is 588. The molecule has 2 heterocycles. The highest BCUT2D eigenvalue weighted by atomic mass is 19.4. The Morgan fingerprint density at radius 3 is 2.88 bits per heavy atom. The zero-order valence-electron chi connectivity index (χ0n) is 13.1. The van der Waals surface area contributed by atoms with Crippen molar-refractivity contribution in [2.24, 2.45) is 0 Å². The second kappa shape index (κ2) is 6.88. The zero-order valence-corrected chi connectivity index (χ0v) is 13.1. The molecule has 5 nitrogen and oxygen atoms in total. The summed E-state index contributed by atoms with van der Waals surface area (Å²) in [6, 6.07) is 6.05. The summed E-state index contributed by atoms with van der Waals surface area (Å²) in [4.78, 5) is 14.0. The molecule has 0 spiro atoms. The van der Waals surface area contributed by atoms with E-state index in [0.717, 1.165) is 31.5 Å². The quantitative estimate of drug-likeness (QED) is 0.886. The van der Waals surface area contributed by atoms with E-state index >= 15 is 0 Å². The van der Waals surface area contributed by atoms with Crippen LogP contribution in [0.25, 0.3) is 0 Å².